The highest BCUT2D eigenvalue weighted by molar-refractivity contribution is 7.17. The van der Waals surface area contributed by atoms with Gasteiger partial charge in [-0.1, -0.05) is 29.8 Å². The topological polar surface area (TPSA) is 224 Å². The van der Waals surface area contributed by atoms with Crippen molar-refractivity contribution in [2.24, 2.45) is 11.5 Å². The van der Waals surface area contributed by atoms with E-state index in [0.717, 1.165) is 21.2 Å². The number of nitrogens with two attached hydrogens (primary N) is 2. The highest BCUT2D eigenvalue weighted by Crippen LogP contribution is 2.32. The number of aliphatic hydroxyl groups is 1. The van der Waals surface area contributed by atoms with Crippen molar-refractivity contribution >= 4 is 51.1 Å². The number of amides is 3. The van der Waals surface area contributed by atoms with Gasteiger partial charge in [0, 0.05) is 36.3 Å². The van der Waals surface area contributed by atoms with Crippen LogP contribution < -0.4 is 27.4 Å². The van der Waals surface area contributed by atoms with Crippen molar-refractivity contribution in [3.05, 3.63) is 46.4 Å². The van der Waals surface area contributed by atoms with E-state index in [2.05, 4.69) is 16.0 Å². The molecule has 1 aromatic heterocycles. The van der Waals surface area contributed by atoms with Crippen LogP contribution in [0, 0.1) is 12.3 Å². The Hall–Kier alpha value is -4.01. The Morgan fingerprint density at radius 2 is 1.93 bits per heavy atom. The Morgan fingerprint density at radius 3 is 2.56 bits per heavy atom. The third-order valence-electron chi connectivity index (χ3n) is 6.82. The Kier molecular flexibility index (Phi) is 10.8. The number of aryl methyl sites for hydroxylation is 1. The summed E-state index contributed by atoms with van der Waals surface area (Å²) in [6, 6.07) is 1.90. The lowest BCUT2D eigenvalue weighted by atomic mass is 10.0. The zero-order valence-corrected chi connectivity index (χ0v) is 23.8. The first-order valence-electron chi connectivity index (χ1n) is 13.2. The molecule has 4 unspecified atom stereocenters. The van der Waals surface area contributed by atoms with Gasteiger partial charge in [0.2, 0.25) is 17.7 Å². The first-order valence-corrected chi connectivity index (χ1v) is 14.0. The summed E-state index contributed by atoms with van der Waals surface area (Å²) < 4.78 is 0.803. The molecule has 3 amide bonds. The smallest absolute Gasteiger partial charge is 0.330 e. The summed E-state index contributed by atoms with van der Waals surface area (Å²) in [7, 11) is 0. The van der Waals surface area contributed by atoms with Crippen molar-refractivity contribution in [3.63, 3.8) is 0 Å². The van der Waals surface area contributed by atoms with E-state index in [-0.39, 0.29) is 31.8 Å². The quantitative estimate of drug-likeness (QED) is 0.0686. The number of hydrogen-bond acceptors (Lipinski definition) is 8. The second-order valence-electron chi connectivity index (χ2n) is 10.0. The third kappa shape index (κ3) is 8.25. The molecule has 1 aliphatic rings. The molecule has 3 rings (SSSR count). The number of benzene rings is 1. The molecule has 2 heterocycles. The Balaban J connectivity index is 1.56. The molecule has 2 aromatic rings. The minimum atomic E-state index is -1.23. The highest BCUT2D eigenvalue weighted by Gasteiger charge is 2.29. The van der Waals surface area contributed by atoms with Gasteiger partial charge >= 0.3 is 5.97 Å². The molecule has 0 spiro atoms. The van der Waals surface area contributed by atoms with Crippen LogP contribution in [0.2, 0.25) is 0 Å². The van der Waals surface area contributed by atoms with E-state index in [1.807, 2.05) is 24.4 Å². The molecule has 1 aromatic carbocycles. The standard InChI is InChI=1S/C27H37N7O6S/c1-14-13-41-23-17(14)5-3-6-18(23)22(26(39)40)33-20(36)7-4-9-31-24(37)19(32-25(38)21(28)15(2)35)11-16-8-10-34(12-16)27(29)30/h3,5-6,8,13,15,19,21-22,35H,4,7,9-12,28H2,1-2H3,(H3,29,30)(H,31,37)(H,32,38)(H,33,36)(H,39,40). The summed E-state index contributed by atoms with van der Waals surface area (Å²) >= 11 is 1.42. The zero-order valence-electron chi connectivity index (χ0n) is 23.0. The SMILES string of the molecule is Cc1csc2c(C(NC(=O)CCCNC(=O)C(CC3=CCN(C(=N)N)C3)NC(=O)C(N)C(C)O)C(=O)O)cccc12. The van der Waals surface area contributed by atoms with E-state index in [9.17, 15) is 29.4 Å². The Morgan fingerprint density at radius 1 is 1.20 bits per heavy atom. The van der Waals surface area contributed by atoms with Crippen LogP contribution >= 0.6 is 11.3 Å². The average molecular weight is 588 g/mol. The summed E-state index contributed by atoms with van der Waals surface area (Å²) in [5, 5.41) is 37.8. The first-order chi connectivity index (χ1) is 19.4. The van der Waals surface area contributed by atoms with Gasteiger partial charge in [-0.3, -0.25) is 19.8 Å². The second-order valence-corrected chi connectivity index (χ2v) is 10.9. The molecule has 0 aliphatic carbocycles. The molecule has 1 aliphatic heterocycles. The van der Waals surface area contributed by atoms with E-state index < -0.39 is 47.9 Å². The number of aliphatic carboxylic acids is 1. The van der Waals surface area contributed by atoms with Crippen LogP contribution in [-0.2, 0) is 19.2 Å². The molecule has 0 saturated heterocycles. The fourth-order valence-electron chi connectivity index (χ4n) is 4.43. The van der Waals surface area contributed by atoms with E-state index >= 15 is 0 Å². The van der Waals surface area contributed by atoms with Gasteiger partial charge in [0.15, 0.2) is 12.0 Å². The number of carboxylic acid groups (broad SMARTS) is 1. The van der Waals surface area contributed by atoms with E-state index in [1.54, 1.807) is 17.0 Å². The van der Waals surface area contributed by atoms with Crippen LogP contribution in [-0.4, -0.2) is 82.6 Å². The number of aliphatic hydroxyl groups excluding tert-OH is 1. The van der Waals surface area contributed by atoms with Crippen molar-refractivity contribution in [3.8, 4) is 0 Å². The number of nitrogens with one attached hydrogen (secondary N) is 4. The Labute approximate surface area is 241 Å². The van der Waals surface area contributed by atoms with Gasteiger partial charge in [-0.2, -0.15) is 0 Å². The number of fused-ring (bicyclic) bond motifs is 1. The second kappa shape index (κ2) is 14.1. The normalized spacial score (nSPS) is 15.9. The average Bonchev–Trinajstić information content (AvgIpc) is 3.55. The van der Waals surface area contributed by atoms with Crippen LogP contribution in [0.5, 0.6) is 0 Å². The minimum Gasteiger partial charge on any atom is -0.479 e. The van der Waals surface area contributed by atoms with Gasteiger partial charge in [-0.15, -0.1) is 11.3 Å². The molecule has 41 heavy (non-hydrogen) atoms. The van der Waals surface area contributed by atoms with Gasteiger partial charge in [-0.25, -0.2) is 4.79 Å². The van der Waals surface area contributed by atoms with Crippen LogP contribution in [0.1, 0.15) is 43.4 Å². The van der Waals surface area contributed by atoms with Crippen LogP contribution in [0.25, 0.3) is 10.1 Å². The fourth-order valence-corrected chi connectivity index (χ4v) is 5.53. The van der Waals surface area contributed by atoms with Crippen molar-refractivity contribution < 1.29 is 29.4 Å². The predicted octanol–water partition coefficient (Wildman–Crippen LogP) is 0.0665. The fraction of sp³-hybridized carbons (Fsp3) is 0.444. The minimum absolute atomic E-state index is 0.0356. The molecule has 0 fully saturated rings. The lowest BCUT2D eigenvalue weighted by Crippen LogP contribution is -2.54. The predicted molar refractivity (Wildman–Crippen MR) is 155 cm³/mol. The van der Waals surface area contributed by atoms with Crippen LogP contribution in [0.15, 0.2) is 35.2 Å². The maximum atomic E-state index is 13.0. The van der Waals surface area contributed by atoms with Gasteiger partial charge in [-0.05, 0) is 43.0 Å². The first kappa shape index (κ1) is 31.5. The lowest BCUT2D eigenvalue weighted by molar-refractivity contribution is -0.142. The molecular formula is C27H37N7O6S. The van der Waals surface area contributed by atoms with Gasteiger partial charge in [0.1, 0.15) is 12.1 Å². The molecule has 13 nitrogen and oxygen atoms in total. The van der Waals surface area contributed by atoms with Crippen molar-refractivity contribution in [2.45, 2.75) is 57.3 Å². The van der Waals surface area contributed by atoms with Crippen LogP contribution in [0.3, 0.4) is 0 Å². The maximum absolute atomic E-state index is 13.0. The van der Waals surface area contributed by atoms with Crippen molar-refractivity contribution in [1.29, 1.82) is 5.41 Å². The maximum Gasteiger partial charge on any atom is 0.330 e. The molecule has 0 saturated carbocycles. The lowest BCUT2D eigenvalue weighted by Gasteiger charge is -2.23. The monoisotopic (exact) mass is 587 g/mol. The largest absolute Gasteiger partial charge is 0.479 e. The molecular weight excluding hydrogens is 550 g/mol. The summed E-state index contributed by atoms with van der Waals surface area (Å²) in [4.78, 5) is 51.7. The number of nitrogens with zero attached hydrogens (tertiary/aromatic N) is 1. The number of thiophene rings is 1. The molecule has 222 valence electrons. The zero-order chi connectivity index (χ0) is 30.3. The number of rotatable bonds is 13. The van der Waals surface area contributed by atoms with E-state index in [0.29, 0.717) is 18.7 Å². The van der Waals surface area contributed by atoms with Gasteiger partial charge in [0.05, 0.1) is 6.10 Å². The van der Waals surface area contributed by atoms with Crippen LogP contribution in [0.4, 0.5) is 0 Å². The summed E-state index contributed by atoms with van der Waals surface area (Å²) in [5.74, 6) is -2.98. The molecule has 4 atom stereocenters. The van der Waals surface area contributed by atoms with Gasteiger partial charge < -0.3 is 42.5 Å². The summed E-state index contributed by atoms with van der Waals surface area (Å²) in [6.45, 7) is 4.14. The number of guanidine groups is 1. The van der Waals surface area contributed by atoms with Crippen molar-refractivity contribution in [1.82, 2.24) is 20.9 Å². The third-order valence-corrected chi connectivity index (χ3v) is 7.99. The van der Waals surface area contributed by atoms with Gasteiger partial charge in [0.25, 0.3) is 0 Å². The molecule has 0 radical (unpaired) electrons. The molecule has 10 N–H and O–H groups in total. The summed E-state index contributed by atoms with van der Waals surface area (Å²) in [5.41, 5.74) is 13.6. The number of carboxylic acids is 1. The highest BCUT2D eigenvalue weighted by atomic mass is 32.1. The summed E-state index contributed by atoms with van der Waals surface area (Å²) in [6.07, 6.45) is 1.03. The molecule has 0 bridgehead atoms. The van der Waals surface area contributed by atoms with E-state index in [1.165, 1.54) is 18.3 Å². The molecule has 14 heteroatoms. The number of hydrogen-bond donors (Lipinski definition) is 8. The Bertz CT molecular complexity index is 1340. The van der Waals surface area contributed by atoms with Crippen molar-refractivity contribution in [2.75, 3.05) is 19.6 Å². The number of carbonyl (C=O) groups is 4. The number of carbonyl (C=O) groups excluding carboxylic acids is 3. The van der Waals surface area contributed by atoms with E-state index in [4.69, 9.17) is 16.9 Å².